The van der Waals surface area contributed by atoms with Crippen LogP contribution in [0.4, 0.5) is 14.9 Å². The van der Waals surface area contributed by atoms with Gasteiger partial charge in [0.05, 0.1) is 0 Å². The summed E-state index contributed by atoms with van der Waals surface area (Å²) in [4.78, 5) is 11.8. The van der Waals surface area contributed by atoms with E-state index in [1.54, 1.807) is 0 Å². The Morgan fingerprint density at radius 1 is 1.53 bits per heavy atom. The van der Waals surface area contributed by atoms with Crippen LogP contribution in [0.15, 0.2) is 16.6 Å². The van der Waals surface area contributed by atoms with Crippen LogP contribution in [0.3, 0.4) is 0 Å². The first-order chi connectivity index (χ1) is 8.97. The number of phenols is 1. The van der Waals surface area contributed by atoms with E-state index < -0.39 is 17.6 Å². The molecular weight excluding hydrogens is 335 g/mol. The summed E-state index contributed by atoms with van der Waals surface area (Å²) in [6.45, 7) is 2.58. The zero-order valence-electron chi connectivity index (χ0n) is 10.5. The third-order valence-electron chi connectivity index (χ3n) is 2.49. The van der Waals surface area contributed by atoms with Gasteiger partial charge >= 0.3 is 6.03 Å². The van der Waals surface area contributed by atoms with Crippen molar-refractivity contribution in [2.45, 2.75) is 26.2 Å². The zero-order valence-corrected chi connectivity index (χ0v) is 13.0. The fourth-order valence-corrected chi connectivity index (χ4v) is 2.11. The summed E-state index contributed by atoms with van der Waals surface area (Å²) in [5.41, 5.74) is -0.0109. The smallest absolute Gasteiger partial charge is 0.332 e. The number of hydrogen-bond acceptors (Lipinski definition) is 3. The summed E-state index contributed by atoms with van der Waals surface area (Å²) in [5.74, 6) is -1.43. The Morgan fingerprint density at radius 2 is 2.21 bits per heavy atom. The number of urea groups is 1. The molecule has 0 aliphatic rings. The number of thiol groups is 1. The Balaban J connectivity index is 2.71. The molecule has 19 heavy (non-hydrogen) atoms. The van der Waals surface area contributed by atoms with Crippen LogP contribution in [0.25, 0.3) is 0 Å². The van der Waals surface area contributed by atoms with Gasteiger partial charge < -0.3 is 10.4 Å². The second kappa shape index (κ2) is 7.59. The Labute approximate surface area is 125 Å². The molecule has 0 radical (unpaired) electrons. The summed E-state index contributed by atoms with van der Waals surface area (Å²) < 4.78 is 14.6. The van der Waals surface area contributed by atoms with Crippen LogP contribution in [0.1, 0.15) is 26.2 Å². The number of phenolic OH excluding ortho intramolecular Hbond substituents is 1. The molecule has 0 aliphatic carbocycles. The first-order valence-corrected chi connectivity index (χ1v) is 7.11. The second-order valence-corrected chi connectivity index (χ2v) is 5.32. The lowest BCUT2D eigenvalue weighted by Gasteiger charge is -2.18. The van der Waals surface area contributed by atoms with Crippen LogP contribution in [0.2, 0.25) is 0 Å². The molecule has 0 heterocycles. The summed E-state index contributed by atoms with van der Waals surface area (Å²) in [7, 11) is 0. The van der Waals surface area contributed by atoms with Crippen molar-refractivity contribution in [2.75, 3.05) is 10.8 Å². The molecule has 0 bridgehead atoms. The third-order valence-corrected chi connectivity index (χ3v) is 3.34. The van der Waals surface area contributed by atoms with Gasteiger partial charge in [-0.1, -0.05) is 48.5 Å². The number of hydrogen-bond donors (Lipinski definition) is 3. The molecule has 0 fully saturated rings. The quantitative estimate of drug-likeness (QED) is 0.558. The molecule has 1 aromatic carbocycles. The number of carbonyl (C=O) groups is 1. The van der Waals surface area contributed by atoms with Gasteiger partial charge in [0.15, 0.2) is 11.6 Å². The zero-order chi connectivity index (χ0) is 14.4. The minimum atomic E-state index is -0.817. The number of nitrogens with one attached hydrogen (secondary N) is 1. The molecule has 0 spiro atoms. The monoisotopic (exact) mass is 350 g/mol. The standard InChI is InChI=1S/C12H16BrFN2O2S/c1-2-3-4-5-15-12(18)16(19)10-7-8(13)6-9(14)11(10)17/h6-7,17,19H,2-5H2,1H3,(H,15,18). The molecule has 4 nitrogen and oxygen atoms in total. The molecule has 1 aromatic rings. The van der Waals surface area contributed by atoms with Gasteiger partial charge in [0.1, 0.15) is 5.69 Å². The molecule has 0 atom stereocenters. The van der Waals surface area contributed by atoms with Crippen LogP contribution >= 0.6 is 28.7 Å². The highest BCUT2D eigenvalue weighted by Crippen LogP contribution is 2.34. The molecule has 0 unspecified atom stereocenters. The van der Waals surface area contributed by atoms with Crippen molar-refractivity contribution in [1.82, 2.24) is 5.32 Å². The van der Waals surface area contributed by atoms with E-state index in [4.69, 9.17) is 0 Å². The van der Waals surface area contributed by atoms with Gasteiger partial charge in [0.2, 0.25) is 0 Å². The molecule has 2 N–H and O–H groups in total. The maximum absolute atomic E-state index is 13.3. The summed E-state index contributed by atoms with van der Waals surface area (Å²) >= 11 is 7.07. The van der Waals surface area contributed by atoms with Crippen LogP contribution in [0.5, 0.6) is 5.75 Å². The van der Waals surface area contributed by atoms with Crippen LogP contribution in [-0.4, -0.2) is 17.7 Å². The first-order valence-electron chi connectivity index (χ1n) is 5.92. The average Bonchev–Trinajstić information content (AvgIpc) is 2.37. The van der Waals surface area contributed by atoms with Gasteiger partial charge in [0.25, 0.3) is 0 Å². The predicted molar refractivity (Wildman–Crippen MR) is 80.2 cm³/mol. The lowest BCUT2D eigenvalue weighted by molar-refractivity contribution is 0.249. The Hall–Kier alpha value is -0.950. The number of rotatable bonds is 5. The number of amides is 2. The number of anilines is 1. The fraction of sp³-hybridized carbons (Fsp3) is 0.417. The van der Waals surface area contributed by atoms with E-state index in [9.17, 15) is 14.3 Å². The molecular formula is C12H16BrFN2O2S. The minimum absolute atomic E-state index is 0.0109. The number of halogens is 2. The molecule has 1 rings (SSSR count). The fourth-order valence-electron chi connectivity index (χ4n) is 1.47. The van der Waals surface area contributed by atoms with Crippen molar-refractivity contribution >= 4 is 40.5 Å². The van der Waals surface area contributed by atoms with E-state index in [2.05, 4.69) is 41.0 Å². The maximum Gasteiger partial charge on any atom is 0.332 e. The number of carbonyl (C=O) groups excluding carboxylic acids is 1. The molecule has 0 aliphatic heterocycles. The van der Waals surface area contributed by atoms with Crippen molar-refractivity contribution in [3.63, 3.8) is 0 Å². The number of unbranched alkanes of at least 4 members (excludes halogenated alkanes) is 2. The predicted octanol–water partition coefficient (Wildman–Crippen LogP) is 3.84. The van der Waals surface area contributed by atoms with E-state index in [-0.39, 0.29) is 5.69 Å². The summed E-state index contributed by atoms with van der Waals surface area (Å²) in [6.07, 6.45) is 2.93. The van der Waals surface area contributed by atoms with E-state index >= 15 is 0 Å². The van der Waals surface area contributed by atoms with Gasteiger partial charge in [-0.3, -0.25) is 0 Å². The van der Waals surface area contributed by atoms with Crippen molar-refractivity contribution in [3.8, 4) is 5.75 Å². The molecule has 2 amide bonds. The lowest BCUT2D eigenvalue weighted by atomic mass is 10.2. The molecule has 0 aromatic heterocycles. The Kier molecular flexibility index (Phi) is 6.44. The Bertz CT molecular complexity index is 460. The maximum atomic E-state index is 13.3. The molecule has 0 saturated heterocycles. The van der Waals surface area contributed by atoms with Crippen LogP contribution < -0.4 is 9.62 Å². The normalized spacial score (nSPS) is 10.3. The number of aromatic hydroxyl groups is 1. The summed E-state index contributed by atoms with van der Waals surface area (Å²) in [5, 5.41) is 12.2. The van der Waals surface area contributed by atoms with E-state index in [0.29, 0.717) is 11.0 Å². The van der Waals surface area contributed by atoms with Gasteiger partial charge in [0, 0.05) is 11.0 Å². The largest absolute Gasteiger partial charge is 0.503 e. The number of nitrogens with zero attached hydrogens (tertiary/aromatic N) is 1. The van der Waals surface area contributed by atoms with Crippen LogP contribution in [0, 0.1) is 5.82 Å². The minimum Gasteiger partial charge on any atom is -0.503 e. The molecule has 106 valence electrons. The third kappa shape index (κ3) is 4.58. The topological polar surface area (TPSA) is 52.6 Å². The van der Waals surface area contributed by atoms with Crippen molar-refractivity contribution in [1.29, 1.82) is 0 Å². The summed E-state index contributed by atoms with van der Waals surface area (Å²) in [6, 6.07) is 2.02. The average molecular weight is 351 g/mol. The van der Waals surface area contributed by atoms with E-state index in [0.717, 1.165) is 29.6 Å². The van der Waals surface area contributed by atoms with E-state index in [1.807, 2.05) is 0 Å². The number of benzene rings is 1. The lowest BCUT2D eigenvalue weighted by Crippen LogP contribution is -2.34. The Morgan fingerprint density at radius 3 is 2.84 bits per heavy atom. The van der Waals surface area contributed by atoms with Crippen molar-refractivity contribution < 1.29 is 14.3 Å². The first kappa shape index (κ1) is 16.1. The highest BCUT2D eigenvalue weighted by Gasteiger charge is 2.18. The van der Waals surface area contributed by atoms with Crippen molar-refractivity contribution in [2.24, 2.45) is 0 Å². The molecule has 0 saturated carbocycles. The van der Waals surface area contributed by atoms with Crippen molar-refractivity contribution in [3.05, 3.63) is 22.4 Å². The highest BCUT2D eigenvalue weighted by molar-refractivity contribution is 9.10. The SMILES string of the molecule is CCCCCNC(=O)N(S)c1cc(Br)cc(F)c1O. The van der Waals surface area contributed by atoms with Gasteiger partial charge in [-0.25, -0.2) is 13.5 Å². The van der Waals surface area contributed by atoms with Crippen LogP contribution in [-0.2, 0) is 0 Å². The second-order valence-electron chi connectivity index (χ2n) is 4.01. The molecule has 7 heteroatoms. The van der Waals surface area contributed by atoms with Gasteiger partial charge in [-0.05, 0) is 18.6 Å². The van der Waals surface area contributed by atoms with Gasteiger partial charge in [-0.15, -0.1) is 0 Å². The van der Waals surface area contributed by atoms with Gasteiger partial charge in [-0.2, -0.15) is 0 Å². The highest BCUT2D eigenvalue weighted by atomic mass is 79.9. The van der Waals surface area contributed by atoms with E-state index in [1.165, 1.54) is 6.07 Å².